The summed E-state index contributed by atoms with van der Waals surface area (Å²) in [6, 6.07) is 10.2. The Morgan fingerprint density at radius 2 is 1.74 bits per heavy atom. The van der Waals surface area contributed by atoms with Gasteiger partial charge in [-0.3, -0.25) is 0 Å². The van der Waals surface area contributed by atoms with Crippen molar-refractivity contribution >= 4 is 11.8 Å². The second-order valence-electron chi connectivity index (χ2n) is 4.90. The van der Waals surface area contributed by atoms with Crippen LogP contribution in [0.4, 0.5) is 0 Å². The molecule has 1 aromatic rings. The Kier molecular flexibility index (Phi) is 9.27. The van der Waals surface area contributed by atoms with Crippen molar-refractivity contribution in [3.63, 3.8) is 0 Å². The molecule has 0 radical (unpaired) electrons. The number of hydrogen-bond donors (Lipinski definition) is 0. The third-order valence-corrected chi connectivity index (χ3v) is 4.42. The minimum atomic E-state index is 0.845. The van der Waals surface area contributed by atoms with Crippen molar-refractivity contribution in [2.45, 2.75) is 51.9 Å². The van der Waals surface area contributed by atoms with Crippen molar-refractivity contribution in [3.05, 3.63) is 35.4 Å². The molecule has 0 N–H and O–H groups in total. The number of thioether (sulfide) groups is 1. The second kappa shape index (κ2) is 10.9. The van der Waals surface area contributed by atoms with E-state index in [-0.39, 0.29) is 0 Å². The molecule has 1 rings (SSSR count). The molecule has 2 heteroatoms. The van der Waals surface area contributed by atoms with Crippen molar-refractivity contribution in [3.8, 4) is 6.07 Å². The highest BCUT2D eigenvalue weighted by atomic mass is 32.2. The first kappa shape index (κ1) is 16.1. The summed E-state index contributed by atoms with van der Waals surface area (Å²) >= 11 is 2.10. The van der Waals surface area contributed by atoms with Crippen molar-refractivity contribution in [2.24, 2.45) is 0 Å². The number of hydrogen-bond acceptors (Lipinski definition) is 2. The molecule has 0 amide bonds. The zero-order valence-corrected chi connectivity index (χ0v) is 12.8. The van der Waals surface area contributed by atoms with Gasteiger partial charge in [0.05, 0.1) is 11.6 Å². The highest BCUT2D eigenvalue weighted by molar-refractivity contribution is 7.99. The second-order valence-corrected chi connectivity index (χ2v) is 6.12. The molecule has 1 nitrogen and oxygen atoms in total. The SMILES string of the molecule is CCCCSCCCCCCc1ccccc1C#N. The monoisotopic (exact) mass is 275 g/mol. The Balaban J connectivity index is 2.03. The van der Waals surface area contributed by atoms with Crippen LogP contribution in [0.5, 0.6) is 0 Å². The summed E-state index contributed by atoms with van der Waals surface area (Å²) in [5.41, 5.74) is 2.06. The molecular formula is C17H25NS. The van der Waals surface area contributed by atoms with E-state index in [1.165, 1.54) is 55.6 Å². The molecule has 104 valence electrons. The van der Waals surface area contributed by atoms with Crippen LogP contribution in [-0.2, 0) is 6.42 Å². The van der Waals surface area contributed by atoms with Gasteiger partial charge in [-0.25, -0.2) is 0 Å². The minimum Gasteiger partial charge on any atom is -0.192 e. The van der Waals surface area contributed by atoms with Crippen LogP contribution in [0.15, 0.2) is 24.3 Å². The molecule has 0 aliphatic heterocycles. The summed E-state index contributed by atoms with van der Waals surface area (Å²) in [4.78, 5) is 0. The Bertz CT molecular complexity index is 381. The lowest BCUT2D eigenvalue weighted by atomic mass is 10.0. The largest absolute Gasteiger partial charge is 0.192 e. The molecule has 0 aromatic heterocycles. The minimum absolute atomic E-state index is 0.845. The van der Waals surface area contributed by atoms with Gasteiger partial charge in [0.25, 0.3) is 0 Å². The van der Waals surface area contributed by atoms with E-state index in [0.29, 0.717) is 0 Å². The Hall–Kier alpha value is -0.940. The van der Waals surface area contributed by atoms with Gasteiger partial charge in [-0.2, -0.15) is 17.0 Å². The predicted octanol–water partition coefficient (Wildman–Crippen LogP) is 5.19. The molecule has 0 saturated carbocycles. The van der Waals surface area contributed by atoms with Crippen LogP contribution in [0.2, 0.25) is 0 Å². The Morgan fingerprint density at radius 3 is 2.53 bits per heavy atom. The molecule has 0 unspecified atom stereocenters. The van der Waals surface area contributed by atoms with Crippen molar-refractivity contribution in [1.82, 2.24) is 0 Å². The zero-order valence-electron chi connectivity index (χ0n) is 12.0. The van der Waals surface area contributed by atoms with Gasteiger partial charge in [0.2, 0.25) is 0 Å². The molecule has 0 heterocycles. The number of aryl methyl sites for hydroxylation is 1. The topological polar surface area (TPSA) is 23.8 Å². The van der Waals surface area contributed by atoms with Crippen molar-refractivity contribution < 1.29 is 0 Å². The lowest BCUT2D eigenvalue weighted by Crippen LogP contribution is -1.91. The average molecular weight is 275 g/mol. The quantitative estimate of drug-likeness (QED) is 0.548. The van der Waals surface area contributed by atoms with E-state index in [1.807, 2.05) is 18.2 Å². The van der Waals surface area contributed by atoms with Gasteiger partial charge in [-0.1, -0.05) is 44.4 Å². The first-order valence-electron chi connectivity index (χ1n) is 7.44. The van der Waals surface area contributed by atoms with E-state index in [2.05, 4.69) is 30.8 Å². The number of nitriles is 1. The van der Waals surface area contributed by atoms with E-state index < -0.39 is 0 Å². The third kappa shape index (κ3) is 7.28. The zero-order chi connectivity index (χ0) is 13.8. The first-order valence-corrected chi connectivity index (χ1v) is 8.59. The van der Waals surface area contributed by atoms with Crippen LogP contribution in [0, 0.1) is 11.3 Å². The summed E-state index contributed by atoms with van der Waals surface area (Å²) < 4.78 is 0. The van der Waals surface area contributed by atoms with Gasteiger partial charge in [-0.05, 0) is 48.8 Å². The smallest absolute Gasteiger partial charge is 0.0994 e. The van der Waals surface area contributed by atoms with Gasteiger partial charge in [0.15, 0.2) is 0 Å². The molecular weight excluding hydrogens is 250 g/mol. The maximum absolute atomic E-state index is 9.01. The maximum Gasteiger partial charge on any atom is 0.0994 e. The molecule has 0 spiro atoms. The molecule has 0 aliphatic rings. The fourth-order valence-electron chi connectivity index (χ4n) is 2.07. The predicted molar refractivity (Wildman–Crippen MR) is 85.6 cm³/mol. The number of nitrogens with zero attached hydrogens (tertiary/aromatic N) is 1. The summed E-state index contributed by atoms with van der Waals surface area (Å²) in [6.07, 6.45) is 8.88. The van der Waals surface area contributed by atoms with Crippen LogP contribution in [-0.4, -0.2) is 11.5 Å². The highest BCUT2D eigenvalue weighted by Gasteiger charge is 2.00. The van der Waals surface area contributed by atoms with E-state index >= 15 is 0 Å². The fourth-order valence-corrected chi connectivity index (χ4v) is 3.17. The molecule has 19 heavy (non-hydrogen) atoms. The van der Waals surface area contributed by atoms with Gasteiger partial charge < -0.3 is 0 Å². The third-order valence-electron chi connectivity index (χ3n) is 3.26. The first-order chi connectivity index (χ1) is 9.38. The standard InChI is InChI=1S/C17H25NS/c1-2-3-13-19-14-9-5-4-6-10-16-11-7-8-12-17(16)15-18/h7-8,11-12H,2-6,9-10,13-14H2,1H3. The van der Waals surface area contributed by atoms with Crippen LogP contribution in [0.25, 0.3) is 0 Å². The fraction of sp³-hybridized carbons (Fsp3) is 0.588. The number of benzene rings is 1. The molecule has 0 bridgehead atoms. The van der Waals surface area contributed by atoms with Crippen molar-refractivity contribution in [1.29, 1.82) is 5.26 Å². The molecule has 0 fully saturated rings. The van der Waals surface area contributed by atoms with Gasteiger partial charge in [-0.15, -0.1) is 0 Å². The lowest BCUT2D eigenvalue weighted by molar-refractivity contribution is 0.669. The van der Waals surface area contributed by atoms with Crippen LogP contribution in [0.3, 0.4) is 0 Å². The maximum atomic E-state index is 9.01. The van der Waals surface area contributed by atoms with E-state index in [1.54, 1.807) is 0 Å². The van der Waals surface area contributed by atoms with E-state index in [4.69, 9.17) is 5.26 Å². The summed E-state index contributed by atoms with van der Waals surface area (Å²) in [6.45, 7) is 2.25. The summed E-state index contributed by atoms with van der Waals surface area (Å²) in [5, 5.41) is 9.01. The van der Waals surface area contributed by atoms with Crippen LogP contribution >= 0.6 is 11.8 Å². The molecule has 0 saturated heterocycles. The highest BCUT2D eigenvalue weighted by Crippen LogP contribution is 2.14. The number of unbranched alkanes of at least 4 members (excludes halogenated alkanes) is 4. The lowest BCUT2D eigenvalue weighted by Gasteiger charge is -2.04. The van der Waals surface area contributed by atoms with Gasteiger partial charge in [0.1, 0.15) is 0 Å². The van der Waals surface area contributed by atoms with Gasteiger partial charge in [0, 0.05) is 0 Å². The van der Waals surface area contributed by atoms with E-state index in [9.17, 15) is 0 Å². The Morgan fingerprint density at radius 1 is 1.00 bits per heavy atom. The molecule has 1 aromatic carbocycles. The molecule has 0 atom stereocenters. The van der Waals surface area contributed by atoms with Gasteiger partial charge >= 0.3 is 0 Å². The molecule has 0 aliphatic carbocycles. The van der Waals surface area contributed by atoms with E-state index in [0.717, 1.165) is 12.0 Å². The Labute approximate surface area is 122 Å². The summed E-state index contributed by atoms with van der Waals surface area (Å²) in [5.74, 6) is 2.64. The van der Waals surface area contributed by atoms with Crippen LogP contribution < -0.4 is 0 Å². The number of rotatable bonds is 10. The normalized spacial score (nSPS) is 10.3. The van der Waals surface area contributed by atoms with Crippen LogP contribution in [0.1, 0.15) is 56.6 Å². The average Bonchev–Trinajstić information content (AvgIpc) is 2.46. The van der Waals surface area contributed by atoms with Crippen molar-refractivity contribution in [2.75, 3.05) is 11.5 Å². The summed E-state index contributed by atoms with van der Waals surface area (Å²) in [7, 11) is 0.